The number of hydrogen-bond acceptors (Lipinski definition) is 3. The summed E-state index contributed by atoms with van der Waals surface area (Å²) >= 11 is 0. The Morgan fingerprint density at radius 1 is 1.73 bits per heavy atom. The fourth-order valence-electron chi connectivity index (χ4n) is 1.02. The molecule has 0 spiro atoms. The second-order valence-corrected chi connectivity index (χ2v) is 2.29. The van der Waals surface area contributed by atoms with Crippen molar-refractivity contribution in [2.45, 2.75) is 0 Å². The van der Waals surface area contributed by atoms with Crippen LogP contribution in [-0.2, 0) is 0 Å². The quantitative estimate of drug-likeness (QED) is 0.541. The molecule has 2 aliphatic rings. The van der Waals surface area contributed by atoms with Gasteiger partial charge in [0.2, 0.25) is 0 Å². The van der Waals surface area contributed by atoms with Crippen molar-refractivity contribution in [1.82, 2.24) is 4.90 Å². The molecule has 0 saturated carbocycles. The van der Waals surface area contributed by atoms with Gasteiger partial charge in [-0.05, 0) is 0 Å². The lowest BCUT2D eigenvalue weighted by atomic mass is 10.2. The number of amides is 1. The van der Waals surface area contributed by atoms with Gasteiger partial charge in [0, 0.05) is 11.8 Å². The average molecular weight is 151 g/mol. The molecule has 5 heteroatoms. The molecular weight excluding hydrogens is 146 g/mol. The zero-order valence-corrected chi connectivity index (χ0v) is 5.56. The van der Waals surface area contributed by atoms with Crippen molar-refractivity contribution in [3.63, 3.8) is 0 Å². The van der Waals surface area contributed by atoms with Crippen LogP contribution < -0.4 is 0 Å². The van der Waals surface area contributed by atoms with Gasteiger partial charge in [0.1, 0.15) is 0 Å². The van der Waals surface area contributed by atoms with Crippen LogP contribution in [0.15, 0.2) is 22.0 Å². The molecule has 0 aromatic carbocycles. The molecule has 11 heavy (non-hydrogen) atoms. The van der Waals surface area contributed by atoms with Crippen LogP contribution in [-0.4, -0.2) is 34.6 Å². The van der Waals surface area contributed by atoms with Crippen molar-refractivity contribution in [2.75, 3.05) is 6.54 Å². The molecule has 0 aromatic heterocycles. The first-order valence-electron chi connectivity index (χ1n) is 3.09. The second kappa shape index (κ2) is 1.91. The van der Waals surface area contributed by atoms with Gasteiger partial charge < -0.3 is 5.11 Å². The van der Waals surface area contributed by atoms with E-state index in [0.717, 1.165) is 11.3 Å². The van der Waals surface area contributed by atoms with Gasteiger partial charge in [-0.1, -0.05) is 0 Å². The first-order chi connectivity index (χ1) is 5.27. The summed E-state index contributed by atoms with van der Waals surface area (Å²) in [5.41, 5.74) is 1.53. The Hall–Kier alpha value is -1.65. The highest BCUT2D eigenvalue weighted by Crippen LogP contribution is 2.14. The summed E-state index contributed by atoms with van der Waals surface area (Å²) in [6, 6.07) is 0. The highest BCUT2D eigenvalue weighted by Gasteiger charge is 2.24. The van der Waals surface area contributed by atoms with Crippen LogP contribution in [0.2, 0.25) is 0 Å². The predicted molar refractivity (Wildman–Crippen MR) is 38.7 cm³/mol. The van der Waals surface area contributed by atoms with E-state index in [-0.39, 0.29) is 0 Å². The maximum absolute atomic E-state index is 10.4. The van der Waals surface area contributed by atoms with E-state index in [1.54, 1.807) is 6.21 Å². The van der Waals surface area contributed by atoms with E-state index in [1.165, 1.54) is 11.1 Å². The second-order valence-electron chi connectivity index (χ2n) is 2.29. The van der Waals surface area contributed by atoms with Crippen molar-refractivity contribution in [2.24, 2.45) is 10.2 Å². The average Bonchev–Trinajstić information content (AvgIpc) is 2.40. The van der Waals surface area contributed by atoms with Crippen molar-refractivity contribution in [1.29, 1.82) is 0 Å². The normalized spacial score (nSPS) is 19.8. The van der Waals surface area contributed by atoms with E-state index < -0.39 is 6.09 Å². The third kappa shape index (κ3) is 0.813. The predicted octanol–water partition coefficient (Wildman–Crippen LogP) is 0.304. The highest BCUT2D eigenvalue weighted by molar-refractivity contribution is 6.21. The summed E-state index contributed by atoms with van der Waals surface area (Å²) in [6.07, 6.45) is 2.12. The molecule has 0 bridgehead atoms. The fraction of sp³-hybridized carbons (Fsp3) is 0.167. The number of nitrogens with zero attached hydrogens (tertiary/aromatic N) is 3. The Kier molecular flexibility index (Phi) is 1.06. The minimum Gasteiger partial charge on any atom is -0.465 e. The molecule has 2 heterocycles. The largest absolute Gasteiger partial charge is 0.465 e. The van der Waals surface area contributed by atoms with Gasteiger partial charge in [-0.3, -0.25) is 4.90 Å². The maximum Gasteiger partial charge on any atom is 0.411 e. The Balaban J connectivity index is 2.27. The number of carbonyl (C=O) groups is 1. The third-order valence-corrected chi connectivity index (χ3v) is 1.57. The summed E-state index contributed by atoms with van der Waals surface area (Å²) in [6.45, 7) is 0.324. The molecule has 0 saturated heterocycles. The molecule has 2 rings (SSSR count). The van der Waals surface area contributed by atoms with Crippen molar-refractivity contribution < 1.29 is 9.90 Å². The molecule has 0 atom stereocenters. The zero-order chi connectivity index (χ0) is 7.84. The van der Waals surface area contributed by atoms with Crippen LogP contribution in [0.3, 0.4) is 0 Å². The van der Waals surface area contributed by atoms with E-state index in [9.17, 15) is 4.79 Å². The molecule has 0 aromatic rings. The number of rotatable bonds is 0. The molecule has 1 amide bonds. The topological polar surface area (TPSA) is 65.3 Å². The van der Waals surface area contributed by atoms with Gasteiger partial charge in [-0.15, -0.1) is 0 Å². The van der Waals surface area contributed by atoms with Crippen LogP contribution in [0.1, 0.15) is 0 Å². The molecule has 0 unspecified atom stereocenters. The van der Waals surface area contributed by atoms with Gasteiger partial charge in [-0.25, -0.2) is 4.79 Å². The van der Waals surface area contributed by atoms with E-state index in [4.69, 9.17) is 5.11 Å². The number of fused-ring (bicyclic) bond motifs is 1. The highest BCUT2D eigenvalue weighted by atomic mass is 16.4. The SMILES string of the molecule is O=C(O)N1C=C2C=NN=C2C1. The third-order valence-electron chi connectivity index (χ3n) is 1.57. The lowest BCUT2D eigenvalue weighted by Gasteiger charge is -2.05. The van der Waals surface area contributed by atoms with Crippen molar-refractivity contribution in [3.05, 3.63) is 11.8 Å². The summed E-state index contributed by atoms with van der Waals surface area (Å²) in [5, 5.41) is 15.9. The zero-order valence-electron chi connectivity index (χ0n) is 5.56. The minimum atomic E-state index is -0.956. The minimum absolute atomic E-state index is 0.324. The Morgan fingerprint density at radius 2 is 2.55 bits per heavy atom. The van der Waals surface area contributed by atoms with Crippen molar-refractivity contribution >= 4 is 18.0 Å². The van der Waals surface area contributed by atoms with E-state index in [0.29, 0.717) is 6.54 Å². The van der Waals surface area contributed by atoms with Gasteiger partial charge in [-0.2, -0.15) is 10.2 Å². The smallest absolute Gasteiger partial charge is 0.411 e. The van der Waals surface area contributed by atoms with Gasteiger partial charge in [0.25, 0.3) is 0 Å². The molecule has 0 aliphatic carbocycles. The van der Waals surface area contributed by atoms with Crippen LogP contribution in [0.4, 0.5) is 4.79 Å². The summed E-state index contributed by atoms with van der Waals surface area (Å²) in [5.74, 6) is 0. The fourth-order valence-corrected chi connectivity index (χ4v) is 1.02. The summed E-state index contributed by atoms with van der Waals surface area (Å²) < 4.78 is 0. The van der Waals surface area contributed by atoms with Gasteiger partial charge >= 0.3 is 6.09 Å². The number of hydrogen-bond donors (Lipinski definition) is 1. The molecule has 5 nitrogen and oxygen atoms in total. The monoisotopic (exact) mass is 151 g/mol. The first kappa shape index (κ1) is 6.09. The molecule has 1 N–H and O–H groups in total. The van der Waals surface area contributed by atoms with Gasteiger partial charge in [0.15, 0.2) is 0 Å². The van der Waals surface area contributed by atoms with E-state index in [1.807, 2.05) is 0 Å². The number of carboxylic acid groups (broad SMARTS) is 1. The lowest BCUT2D eigenvalue weighted by molar-refractivity contribution is 0.169. The molecular formula is C6H5N3O2. The first-order valence-corrected chi connectivity index (χ1v) is 3.09. The van der Waals surface area contributed by atoms with Crippen molar-refractivity contribution in [3.8, 4) is 0 Å². The summed E-state index contributed by atoms with van der Waals surface area (Å²) in [7, 11) is 0. The standard InChI is InChI=1S/C6H5N3O2/c10-6(11)9-2-4-1-7-8-5(4)3-9/h1-2H,3H2,(H,10,11). The lowest BCUT2D eigenvalue weighted by Crippen LogP contribution is -2.23. The molecule has 0 fully saturated rings. The Morgan fingerprint density at radius 3 is 3.18 bits per heavy atom. The Bertz CT molecular complexity index is 303. The van der Waals surface area contributed by atoms with Gasteiger partial charge in [0.05, 0.1) is 18.5 Å². The maximum atomic E-state index is 10.4. The van der Waals surface area contributed by atoms with Crippen LogP contribution in [0.5, 0.6) is 0 Å². The Labute approximate surface area is 62.3 Å². The van der Waals surface area contributed by atoms with E-state index >= 15 is 0 Å². The molecule has 56 valence electrons. The molecule has 2 aliphatic heterocycles. The van der Waals surface area contributed by atoms with Crippen LogP contribution >= 0.6 is 0 Å². The van der Waals surface area contributed by atoms with E-state index in [2.05, 4.69) is 10.2 Å². The molecule has 0 radical (unpaired) electrons. The summed E-state index contributed by atoms with van der Waals surface area (Å²) in [4.78, 5) is 11.6. The van der Waals surface area contributed by atoms with Crippen LogP contribution in [0, 0.1) is 0 Å². The van der Waals surface area contributed by atoms with Crippen LogP contribution in [0.25, 0.3) is 0 Å².